The van der Waals surface area contributed by atoms with Crippen LogP contribution in [0.5, 0.6) is 0 Å². The molecule has 0 spiro atoms. The van der Waals surface area contributed by atoms with Gasteiger partial charge in [-0.25, -0.2) is 0 Å². The molecule has 1 atom stereocenters. The quantitative estimate of drug-likeness (QED) is 0.347. The van der Waals surface area contributed by atoms with Crippen molar-refractivity contribution in [3.8, 4) is 0 Å². The second-order valence-electron chi connectivity index (χ2n) is 3.50. The van der Waals surface area contributed by atoms with Gasteiger partial charge >= 0.3 is 23.9 Å². The van der Waals surface area contributed by atoms with Crippen LogP contribution in [0.4, 0.5) is 0 Å². The van der Waals surface area contributed by atoms with E-state index in [9.17, 15) is 19.2 Å². The summed E-state index contributed by atoms with van der Waals surface area (Å²) in [7, 11) is 0. The Morgan fingerprint density at radius 3 is 1.48 bits per heavy atom. The van der Waals surface area contributed by atoms with Crippen LogP contribution in [0.15, 0.2) is 0 Å². The number of hydrogen-bond donors (Lipinski definition) is 4. The molecule has 0 heterocycles. The maximum absolute atomic E-state index is 11.2. The third kappa shape index (κ3) is 9.35. The van der Waals surface area contributed by atoms with Crippen molar-refractivity contribution in [2.45, 2.75) is 13.0 Å². The number of rotatable bonds is 11. The Hall–Kier alpha value is -2.20. The summed E-state index contributed by atoms with van der Waals surface area (Å²) >= 11 is 0. The largest absolute Gasteiger partial charge is 0.480 e. The van der Waals surface area contributed by atoms with Crippen LogP contribution in [0.1, 0.15) is 17.9 Å². The van der Waals surface area contributed by atoms with Gasteiger partial charge < -0.3 is 20.4 Å². The number of carbonyl (C=O) groups is 4. The second-order valence-corrected chi connectivity index (χ2v) is 3.50. The van der Waals surface area contributed by atoms with Gasteiger partial charge in [0.05, 0.1) is 37.0 Å². The Morgan fingerprint density at radius 1 is 0.857 bits per heavy atom. The highest BCUT2D eigenvalue weighted by Gasteiger charge is 2.23. The predicted octanol–water partition coefficient (Wildman–Crippen LogP) is -1.68. The fourth-order valence-electron chi connectivity index (χ4n) is 1.15. The molecule has 10 heteroatoms. The van der Waals surface area contributed by atoms with Crippen molar-refractivity contribution >= 4 is 23.9 Å². The lowest BCUT2D eigenvalue weighted by atomic mass is 10.2. The van der Waals surface area contributed by atoms with Crippen LogP contribution in [0, 0.1) is 0 Å². The van der Waals surface area contributed by atoms with E-state index < -0.39 is 72.3 Å². The first-order chi connectivity index (χ1) is 12.7. The van der Waals surface area contributed by atoms with Gasteiger partial charge in [0.25, 0.3) is 0 Å². The zero-order chi connectivity index (χ0) is 23.7. The van der Waals surface area contributed by atoms with Gasteiger partial charge in [-0.05, 0) is 6.92 Å². The molecule has 0 aromatic heterocycles. The molecule has 120 valence electrons. The van der Waals surface area contributed by atoms with Gasteiger partial charge in [0.1, 0.15) is 0 Å². The molecule has 0 fully saturated rings. The summed E-state index contributed by atoms with van der Waals surface area (Å²) < 4.78 is 59.8. The maximum atomic E-state index is 11.2. The Kier molecular flexibility index (Phi) is 3.78. The molecular formula is C11H18N2O8. The molecule has 0 radical (unpaired) electrons. The van der Waals surface area contributed by atoms with Gasteiger partial charge in [0.2, 0.25) is 0 Å². The molecular weight excluding hydrogens is 288 g/mol. The average Bonchev–Trinajstić information content (AvgIpc) is 2.50. The molecule has 0 bridgehead atoms. The zero-order valence-corrected chi connectivity index (χ0v) is 10.6. The average molecular weight is 314 g/mol. The van der Waals surface area contributed by atoms with Gasteiger partial charge in [-0.2, -0.15) is 0 Å². The lowest BCUT2D eigenvalue weighted by Crippen LogP contribution is -2.48. The number of carboxylic acids is 4. The highest BCUT2D eigenvalue weighted by molar-refractivity contribution is 5.73. The highest BCUT2D eigenvalue weighted by atomic mass is 16.4. The van der Waals surface area contributed by atoms with E-state index in [0.717, 1.165) is 6.92 Å². The Labute approximate surface area is 131 Å². The zero-order valence-electron chi connectivity index (χ0n) is 18.6. The minimum absolute atomic E-state index is 0.409. The van der Waals surface area contributed by atoms with Crippen LogP contribution >= 0.6 is 0 Å². The minimum Gasteiger partial charge on any atom is -0.480 e. The molecule has 10 nitrogen and oxygen atoms in total. The number of aliphatic carboxylic acids is 4. The van der Waals surface area contributed by atoms with Crippen molar-refractivity contribution in [3.63, 3.8) is 0 Å². The summed E-state index contributed by atoms with van der Waals surface area (Å²) in [5.74, 6) is -9.43. The van der Waals surface area contributed by atoms with Gasteiger partial charge in [-0.3, -0.25) is 29.0 Å². The standard InChI is InChI=1S/C11H18N2O8/c1-7(13(5-10(18)19)6-11(20)21)2-12(3-8(14)15)4-9(16)17/h7H,2-6H2,1H3,(H,14,15)(H,16,17)(H,18,19)(H,20,21)/t7-/m0/s1/i3D2,4D2,5D2,6D2. The minimum atomic E-state index is -3.75. The van der Waals surface area contributed by atoms with E-state index in [4.69, 9.17) is 31.4 Å². The molecule has 0 aliphatic carbocycles. The normalized spacial score (nSPS) is 20.7. The second kappa shape index (κ2) is 8.87. The third-order valence-electron chi connectivity index (χ3n) is 1.78. The van der Waals surface area contributed by atoms with Crippen LogP contribution in [0.2, 0.25) is 0 Å². The van der Waals surface area contributed by atoms with Crippen LogP contribution in [0.3, 0.4) is 0 Å². The first-order valence-corrected chi connectivity index (χ1v) is 5.17. The van der Waals surface area contributed by atoms with Gasteiger partial charge in [0, 0.05) is 12.6 Å². The SMILES string of the molecule is [2H]C([2H])(C(=O)O)N(C[C@H](C)N(C([2H])([2H])C(=O)O)C([2H])([2H])C(=O)O)C([2H])([2H])C(=O)O. The predicted molar refractivity (Wildman–Crippen MR) is 68.0 cm³/mol. The maximum Gasteiger partial charge on any atom is 0.317 e. The van der Waals surface area contributed by atoms with E-state index in [2.05, 4.69) is 0 Å². The van der Waals surface area contributed by atoms with Crippen molar-refractivity contribution in [1.82, 2.24) is 9.80 Å². The van der Waals surface area contributed by atoms with Crippen LogP contribution < -0.4 is 0 Å². The van der Waals surface area contributed by atoms with Crippen LogP contribution in [-0.4, -0.2) is 92.7 Å². The number of nitrogens with zero attached hydrogens (tertiary/aromatic N) is 2. The summed E-state index contributed by atoms with van der Waals surface area (Å²) in [6.07, 6.45) is 0. The van der Waals surface area contributed by atoms with E-state index in [1.165, 1.54) is 0 Å². The fourth-order valence-corrected chi connectivity index (χ4v) is 1.15. The summed E-state index contributed by atoms with van der Waals surface area (Å²) in [6.45, 7) is -15.7. The molecule has 0 saturated carbocycles. The molecule has 0 amide bonds. The highest BCUT2D eigenvalue weighted by Crippen LogP contribution is 2.03. The molecule has 0 unspecified atom stereocenters. The number of hydrogen-bond acceptors (Lipinski definition) is 6. The van der Waals surface area contributed by atoms with Crippen molar-refractivity contribution in [2.24, 2.45) is 0 Å². The third-order valence-corrected chi connectivity index (χ3v) is 1.78. The first kappa shape index (κ1) is 8.95. The van der Waals surface area contributed by atoms with Crippen molar-refractivity contribution in [3.05, 3.63) is 0 Å². The van der Waals surface area contributed by atoms with E-state index in [-0.39, 0.29) is 0 Å². The van der Waals surface area contributed by atoms with Crippen molar-refractivity contribution in [1.29, 1.82) is 0 Å². The van der Waals surface area contributed by atoms with E-state index in [1.807, 2.05) is 0 Å². The fraction of sp³-hybridized carbons (Fsp3) is 0.636. The molecule has 4 N–H and O–H groups in total. The summed E-state index contributed by atoms with van der Waals surface area (Å²) in [4.78, 5) is 43.9. The van der Waals surface area contributed by atoms with Gasteiger partial charge in [0.15, 0.2) is 0 Å². The Morgan fingerprint density at radius 2 is 1.19 bits per heavy atom. The molecule has 0 aliphatic rings. The van der Waals surface area contributed by atoms with E-state index >= 15 is 0 Å². The molecule has 0 aliphatic heterocycles. The Bertz CT molecular complexity index is 648. The topological polar surface area (TPSA) is 156 Å². The molecule has 21 heavy (non-hydrogen) atoms. The Balaban J connectivity index is 6.54. The molecule has 0 aromatic carbocycles. The van der Waals surface area contributed by atoms with Crippen molar-refractivity contribution < 1.29 is 50.6 Å². The lowest BCUT2D eigenvalue weighted by Gasteiger charge is -2.30. The van der Waals surface area contributed by atoms with E-state index in [0.29, 0.717) is 0 Å². The van der Waals surface area contributed by atoms with Crippen LogP contribution in [-0.2, 0) is 19.2 Å². The lowest BCUT2D eigenvalue weighted by molar-refractivity contribution is -0.146. The van der Waals surface area contributed by atoms with Crippen molar-refractivity contribution in [2.75, 3.05) is 32.5 Å². The molecule has 0 rings (SSSR count). The van der Waals surface area contributed by atoms with Gasteiger partial charge in [-0.15, -0.1) is 0 Å². The summed E-state index contributed by atoms with van der Waals surface area (Å²) in [5.41, 5.74) is 0. The molecule has 0 aromatic rings. The summed E-state index contributed by atoms with van der Waals surface area (Å²) in [5, 5.41) is 36.0. The number of carboxylic acid groups (broad SMARTS) is 4. The van der Waals surface area contributed by atoms with Crippen LogP contribution in [0.25, 0.3) is 0 Å². The molecule has 0 saturated heterocycles. The first-order valence-electron chi connectivity index (χ1n) is 9.17. The van der Waals surface area contributed by atoms with E-state index in [1.54, 1.807) is 0 Å². The smallest absolute Gasteiger partial charge is 0.317 e. The summed E-state index contributed by atoms with van der Waals surface area (Å²) in [6, 6.07) is -2.06. The van der Waals surface area contributed by atoms with Gasteiger partial charge in [-0.1, -0.05) is 0 Å². The monoisotopic (exact) mass is 314 g/mol.